The Kier molecular flexibility index (Phi) is 2.67. The van der Waals surface area contributed by atoms with Gasteiger partial charge in [0, 0.05) is 0 Å². The molecule has 2 N–H and O–H groups in total. The fraction of sp³-hybridized carbons (Fsp3) is 0.182. The summed E-state index contributed by atoms with van der Waals surface area (Å²) in [4.78, 5) is 0. The summed E-state index contributed by atoms with van der Waals surface area (Å²) in [7, 11) is 0. The minimum atomic E-state index is 0.415. The van der Waals surface area contributed by atoms with Crippen LogP contribution in [0.4, 0.5) is 5.82 Å². The maximum atomic E-state index is 5.67. The number of nitrogen functional groups attached to an aromatic ring is 1. The molecule has 0 fully saturated rings. The number of aromatic nitrogens is 7. The molecule has 0 saturated carbocycles. The average molecular weight is 256 g/mol. The Morgan fingerprint density at radius 3 is 2.58 bits per heavy atom. The van der Waals surface area contributed by atoms with Crippen molar-refractivity contribution in [1.82, 2.24) is 35.2 Å². The highest BCUT2D eigenvalue weighted by atomic mass is 15.6. The van der Waals surface area contributed by atoms with E-state index in [4.69, 9.17) is 5.73 Å². The van der Waals surface area contributed by atoms with E-state index in [1.165, 1.54) is 0 Å². The van der Waals surface area contributed by atoms with Crippen molar-refractivity contribution in [3.8, 4) is 5.69 Å². The fourth-order valence-corrected chi connectivity index (χ4v) is 1.73. The number of rotatable bonds is 3. The van der Waals surface area contributed by atoms with Gasteiger partial charge in [0.05, 0.1) is 11.4 Å². The van der Waals surface area contributed by atoms with Crippen LogP contribution < -0.4 is 5.73 Å². The first-order chi connectivity index (χ1) is 9.25. The Bertz CT molecular complexity index is 684. The monoisotopic (exact) mass is 256 g/mol. The Hall–Kier alpha value is -2.77. The van der Waals surface area contributed by atoms with Gasteiger partial charge in [-0.15, -0.1) is 10.2 Å². The highest BCUT2D eigenvalue weighted by Crippen LogP contribution is 2.10. The van der Waals surface area contributed by atoms with E-state index in [9.17, 15) is 0 Å². The second-order valence-electron chi connectivity index (χ2n) is 4.06. The average Bonchev–Trinajstić information content (AvgIpc) is 3.02. The number of benzene rings is 1. The van der Waals surface area contributed by atoms with Gasteiger partial charge in [0.25, 0.3) is 0 Å². The molecule has 1 aromatic carbocycles. The van der Waals surface area contributed by atoms with Gasteiger partial charge in [-0.05, 0) is 29.5 Å². The first-order valence-corrected chi connectivity index (χ1v) is 5.74. The predicted octanol–water partition coefficient (Wildman–Crippen LogP) is 0.193. The van der Waals surface area contributed by atoms with Crippen LogP contribution in [0.15, 0.2) is 30.3 Å². The first kappa shape index (κ1) is 11.3. The maximum Gasteiger partial charge on any atom is 0.178 e. The number of hydrogen-bond donors (Lipinski definition) is 1. The van der Waals surface area contributed by atoms with Gasteiger partial charge >= 0.3 is 0 Å². The van der Waals surface area contributed by atoms with E-state index in [1.807, 2.05) is 37.3 Å². The van der Waals surface area contributed by atoms with Crippen molar-refractivity contribution in [2.45, 2.75) is 13.5 Å². The molecule has 0 amide bonds. The predicted molar refractivity (Wildman–Crippen MR) is 67.4 cm³/mol. The first-order valence-electron chi connectivity index (χ1n) is 5.74. The number of para-hydroxylation sites is 1. The van der Waals surface area contributed by atoms with E-state index >= 15 is 0 Å². The number of tetrazole rings is 1. The molecule has 0 unspecified atom stereocenters. The molecule has 0 aliphatic heterocycles. The summed E-state index contributed by atoms with van der Waals surface area (Å²) < 4.78 is 3.33. The number of nitrogens with two attached hydrogens (primary N) is 1. The summed E-state index contributed by atoms with van der Waals surface area (Å²) in [5, 5.41) is 19.5. The SMILES string of the molecule is Cc1c(N)nnn1Cc1nnnn1-c1ccccc1. The molecular formula is C11H12N8. The van der Waals surface area contributed by atoms with Gasteiger partial charge in [0.2, 0.25) is 0 Å². The second-order valence-corrected chi connectivity index (χ2v) is 4.06. The molecule has 0 bridgehead atoms. The largest absolute Gasteiger partial charge is 0.381 e. The molecule has 0 atom stereocenters. The summed E-state index contributed by atoms with van der Waals surface area (Å²) in [6, 6.07) is 9.67. The zero-order valence-corrected chi connectivity index (χ0v) is 10.3. The Labute approximate surface area is 108 Å². The third-order valence-electron chi connectivity index (χ3n) is 2.84. The van der Waals surface area contributed by atoms with Crippen LogP contribution in [0.1, 0.15) is 11.5 Å². The third kappa shape index (κ3) is 2.03. The fourth-order valence-electron chi connectivity index (χ4n) is 1.73. The molecule has 2 aromatic heterocycles. The lowest BCUT2D eigenvalue weighted by Crippen LogP contribution is -2.11. The molecule has 0 aliphatic carbocycles. The number of anilines is 1. The standard InChI is InChI=1S/C11H12N8/c1-8-11(12)14-16-18(8)7-10-13-15-17-19(10)9-5-3-2-4-6-9/h2-6H,7,12H2,1H3. The lowest BCUT2D eigenvalue weighted by molar-refractivity contribution is 0.596. The highest BCUT2D eigenvalue weighted by Gasteiger charge is 2.12. The van der Waals surface area contributed by atoms with Crippen LogP contribution in [0.3, 0.4) is 0 Å². The van der Waals surface area contributed by atoms with Crippen molar-refractivity contribution >= 4 is 5.82 Å². The van der Waals surface area contributed by atoms with Gasteiger partial charge in [-0.2, -0.15) is 4.68 Å². The van der Waals surface area contributed by atoms with Crippen LogP contribution in [0.25, 0.3) is 5.69 Å². The molecule has 2 heterocycles. The quantitative estimate of drug-likeness (QED) is 0.718. The van der Waals surface area contributed by atoms with E-state index in [2.05, 4.69) is 25.8 Å². The van der Waals surface area contributed by atoms with Crippen molar-refractivity contribution in [2.24, 2.45) is 0 Å². The Morgan fingerprint density at radius 2 is 1.89 bits per heavy atom. The van der Waals surface area contributed by atoms with E-state index in [-0.39, 0.29) is 0 Å². The highest BCUT2D eigenvalue weighted by molar-refractivity contribution is 5.32. The van der Waals surface area contributed by atoms with Crippen LogP contribution in [0, 0.1) is 6.92 Å². The van der Waals surface area contributed by atoms with Gasteiger partial charge in [-0.3, -0.25) is 0 Å². The minimum Gasteiger partial charge on any atom is -0.381 e. The zero-order chi connectivity index (χ0) is 13.2. The molecule has 0 radical (unpaired) electrons. The number of hydrogen-bond acceptors (Lipinski definition) is 6. The van der Waals surface area contributed by atoms with Crippen molar-refractivity contribution in [2.75, 3.05) is 5.73 Å². The molecule has 3 rings (SSSR count). The van der Waals surface area contributed by atoms with E-state index in [0.29, 0.717) is 18.2 Å². The van der Waals surface area contributed by atoms with E-state index in [0.717, 1.165) is 11.4 Å². The van der Waals surface area contributed by atoms with Crippen LogP contribution in [0.5, 0.6) is 0 Å². The second kappa shape index (κ2) is 4.48. The maximum absolute atomic E-state index is 5.67. The molecule has 8 nitrogen and oxygen atoms in total. The third-order valence-corrected chi connectivity index (χ3v) is 2.84. The van der Waals surface area contributed by atoms with Gasteiger partial charge in [-0.1, -0.05) is 23.4 Å². The van der Waals surface area contributed by atoms with E-state index < -0.39 is 0 Å². The van der Waals surface area contributed by atoms with Gasteiger partial charge in [0.1, 0.15) is 6.54 Å². The normalized spacial score (nSPS) is 10.8. The Balaban J connectivity index is 1.95. The molecule has 0 aliphatic rings. The van der Waals surface area contributed by atoms with Crippen molar-refractivity contribution in [3.05, 3.63) is 41.9 Å². The molecule has 3 aromatic rings. The molecule has 8 heteroatoms. The summed E-state index contributed by atoms with van der Waals surface area (Å²) in [6.07, 6.45) is 0. The van der Waals surface area contributed by atoms with Gasteiger partial charge < -0.3 is 5.73 Å². The van der Waals surface area contributed by atoms with Crippen LogP contribution in [-0.4, -0.2) is 35.2 Å². The van der Waals surface area contributed by atoms with Crippen LogP contribution >= 0.6 is 0 Å². The summed E-state index contributed by atoms with van der Waals surface area (Å²) in [6.45, 7) is 2.27. The van der Waals surface area contributed by atoms with E-state index in [1.54, 1.807) is 9.36 Å². The molecule has 0 saturated heterocycles. The van der Waals surface area contributed by atoms with Crippen LogP contribution in [0.2, 0.25) is 0 Å². The minimum absolute atomic E-state index is 0.415. The molecule has 96 valence electrons. The van der Waals surface area contributed by atoms with Crippen LogP contribution in [-0.2, 0) is 6.54 Å². The molecular weight excluding hydrogens is 244 g/mol. The lowest BCUT2D eigenvalue weighted by Gasteiger charge is -2.05. The van der Waals surface area contributed by atoms with Crippen molar-refractivity contribution in [3.63, 3.8) is 0 Å². The molecule has 19 heavy (non-hydrogen) atoms. The van der Waals surface area contributed by atoms with Crippen molar-refractivity contribution < 1.29 is 0 Å². The van der Waals surface area contributed by atoms with Gasteiger partial charge in [-0.25, -0.2) is 4.68 Å². The molecule has 0 spiro atoms. The topological polar surface area (TPSA) is 100 Å². The van der Waals surface area contributed by atoms with Crippen molar-refractivity contribution in [1.29, 1.82) is 0 Å². The smallest absolute Gasteiger partial charge is 0.178 e. The number of nitrogens with zero attached hydrogens (tertiary/aromatic N) is 7. The summed E-state index contributed by atoms with van der Waals surface area (Å²) in [5.41, 5.74) is 7.36. The Morgan fingerprint density at radius 1 is 1.11 bits per heavy atom. The van der Waals surface area contributed by atoms with Gasteiger partial charge in [0.15, 0.2) is 11.6 Å². The summed E-state index contributed by atoms with van der Waals surface area (Å²) >= 11 is 0. The lowest BCUT2D eigenvalue weighted by atomic mass is 10.3. The summed E-state index contributed by atoms with van der Waals surface area (Å²) in [5.74, 6) is 1.08. The zero-order valence-electron chi connectivity index (χ0n) is 10.3.